The second-order valence-electron chi connectivity index (χ2n) is 9.68. The lowest BCUT2D eigenvalue weighted by Gasteiger charge is -2.26. The predicted octanol–water partition coefficient (Wildman–Crippen LogP) is 7.41. The number of esters is 1. The molecule has 1 fully saturated rings. The summed E-state index contributed by atoms with van der Waals surface area (Å²) in [4.78, 5) is 18.7. The maximum atomic E-state index is 12.1. The Bertz CT molecular complexity index is 1680. The van der Waals surface area contributed by atoms with E-state index >= 15 is 0 Å². The van der Waals surface area contributed by atoms with Gasteiger partial charge in [-0.05, 0) is 91.9 Å². The van der Waals surface area contributed by atoms with Crippen molar-refractivity contribution in [2.75, 3.05) is 12.0 Å². The highest BCUT2D eigenvalue weighted by Crippen LogP contribution is 2.43. The van der Waals surface area contributed by atoms with E-state index in [9.17, 15) is 4.79 Å². The summed E-state index contributed by atoms with van der Waals surface area (Å²) in [6, 6.07) is 32.0. The lowest BCUT2D eigenvalue weighted by atomic mass is 10.0. The van der Waals surface area contributed by atoms with Gasteiger partial charge in [0, 0.05) is 17.4 Å². The Morgan fingerprint density at radius 3 is 2.39 bits per heavy atom. The minimum absolute atomic E-state index is 0.257. The topological polar surface area (TPSA) is 76.8 Å². The van der Waals surface area contributed by atoms with Crippen molar-refractivity contribution in [2.45, 2.75) is 19.0 Å². The normalized spacial score (nSPS) is 16.3. The number of benzene rings is 3. The minimum Gasteiger partial charge on any atom is -0.465 e. The van der Waals surface area contributed by atoms with Crippen LogP contribution in [0.1, 0.15) is 39.5 Å². The molecule has 204 valence electrons. The van der Waals surface area contributed by atoms with Gasteiger partial charge in [0.05, 0.1) is 24.4 Å². The van der Waals surface area contributed by atoms with E-state index in [2.05, 4.69) is 10.3 Å². The highest BCUT2D eigenvalue weighted by atomic mass is 32.1. The number of aryl methyl sites for hydroxylation is 1. The number of carbonyl (C=O) groups is 1. The van der Waals surface area contributed by atoms with Gasteiger partial charge in [0.25, 0.3) is 0 Å². The van der Waals surface area contributed by atoms with Gasteiger partial charge in [-0.1, -0.05) is 35.9 Å². The van der Waals surface area contributed by atoms with Crippen LogP contribution in [0.4, 0.5) is 5.69 Å². The first kappa shape index (κ1) is 26.3. The van der Waals surface area contributed by atoms with Crippen molar-refractivity contribution < 1.29 is 18.7 Å². The average molecular weight is 562 g/mol. The largest absolute Gasteiger partial charge is 0.465 e. The van der Waals surface area contributed by atoms with Gasteiger partial charge in [-0.25, -0.2) is 4.79 Å². The van der Waals surface area contributed by atoms with E-state index < -0.39 is 5.97 Å². The van der Waals surface area contributed by atoms with Crippen LogP contribution in [-0.4, -0.2) is 23.2 Å². The Hall–Kier alpha value is -4.95. The fraction of sp³-hybridized carbons (Fsp3) is 0.121. The van der Waals surface area contributed by atoms with Gasteiger partial charge in [-0.3, -0.25) is 4.98 Å². The molecule has 0 saturated carbocycles. The molecule has 0 radical (unpaired) electrons. The Balaban J connectivity index is 1.34. The molecular weight excluding hydrogens is 534 g/mol. The van der Waals surface area contributed by atoms with Crippen LogP contribution in [0.2, 0.25) is 0 Å². The lowest BCUT2D eigenvalue weighted by molar-refractivity contribution is 0.0601. The van der Waals surface area contributed by atoms with E-state index in [-0.39, 0.29) is 12.1 Å². The van der Waals surface area contributed by atoms with Gasteiger partial charge >= 0.3 is 5.97 Å². The standard InChI is InChI=1S/C33H27N3O4S/c1-21-9-13-25(14-10-21)39-26-15-11-24(12-16-26)36-31(30(35-33(36)41)27-8-3-4-19-34-27)29-18-17-28(40-29)22-6-5-7-23(20-22)32(37)38-2/h3-20,30-31H,1-2H3,(H,35,41)/t30-,31+/m1/s1. The number of hydrogen-bond donors (Lipinski definition) is 1. The van der Waals surface area contributed by atoms with Crippen LogP contribution >= 0.6 is 12.2 Å². The summed E-state index contributed by atoms with van der Waals surface area (Å²) >= 11 is 5.85. The van der Waals surface area contributed by atoms with Crippen molar-refractivity contribution in [3.8, 4) is 22.8 Å². The highest BCUT2D eigenvalue weighted by molar-refractivity contribution is 7.80. The number of ether oxygens (including phenoxy) is 2. The molecule has 0 bridgehead atoms. The highest BCUT2D eigenvalue weighted by Gasteiger charge is 2.42. The Kier molecular flexibility index (Phi) is 7.22. The zero-order chi connectivity index (χ0) is 28.3. The van der Waals surface area contributed by atoms with Crippen LogP contribution in [0.15, 0.2) is 114 Å². The van der Waals surface area contributed by atoms with Crippen molar-refractivity contribution >= 4 is 29.0 Å². The molecule has 6 rings (SSSR count). The van der Waals surface area contributed by atoms with E-state index in [1.807, 2.05) is 96.8 Å². The van der Waals surface area contributed by atoms with Crippen LogP contribution in [0.3, 0.4) is 0 Å². The monoisotopic (exact) mass is 561 g/mol. The van der Waals surface area contributed by atoms with Crippen molar-refractivity contribution in [1.29, 1.82) is 0 Å². The first-order valence-corrected chi connectivity index (χ1v) is 13.5. The summed E-state index contributed by atoms with van der Waals surface area (Å²) in [5.74, 6) is 2.42. The van der Waals surface area contributed by atoms with Crippen LogP contribution in [0, 0.1) is 6.92 Å². The summed E-state index contributed by atoms with van der Waals surface area (Å²) in [5.41, 5.74) is 4.12. The number of anilines is 1. The number of aromatic nitrogens is 1. The van der Waals surface area contributed by atoms with E-state index in [0.717, 1.165) is 28.4 Å². The van der Waals surface area contributed by atoms with Crippen molar-refractivity contribution in [3.63, 3.8) is 0 Å². The second kappa shape index (κ2) is 11.3. The third kappa shape index (κ3) is 5.42. The fourth-order valence-corrected chi connectivity index (χ4v) is 5.27. The van der Waals surface area contributed by atoms with Crippen molar-refractivity contribution in [3.05, 3.63) is 132 Å². The molecule has 8 heteroatoms. The number of nitrogens with one attached hydrogen (secondary N) is 1. The summed E-state index contributed by atoms with van der Waals surface area (Å²) in [6.07, 6.45) is 1.77. The van der Waals surface area contributed by atoms with Crippen LogP contribution in [-0.2, 0) is 4.74 Å². The molecule has 0 unspecified atom stereocenters. The van der Waals surface area contributed by atoms with E-state index in [1.165, 1.54) is 12.7 Å². The Morgan fingerprint density at radius 1 is 0.927 bits per heavy atom. The lowest BCUT2D eigenvalue weighted by Crippen LogP contribution is -2.29. The summed E-state index contributed by atoms with van der Waals surface area (Å²) in [7, 11) is 1.36. The van der Waals surface area contributed by atoms with Crippen molar-refractivity contribution in [2.24, 2.45) is 0 Å². The zero-order valence-corrected chi connectivity index (χ0v) is 23.3. The molecule has 1 aliphatic rings. The van der Waals surface area contributed by atoms with Gasteiger partial charge in [0.15, 0.2) is 5.11 Å². The van der Waals surface area contributed by atoms with Crippen LogP contribution in [0.25, 0.3) is 11.3 Å². The zero-order valence-electron chi connectivity index (χ0n) is 22.5. The van der Waals surface area contributed by atoms with Gasteiger partial charge in [-0.15, -0.1) is 0 Å². The molecule has 0 aliphatic carbocycles. The van der Waals surface area contributed by atoms with Crippen LogP contribution in [0.5, 0.6) is 11.5 Å². The third-order valence-corrected chi connectivity index (χ3v) is 7.27. The third-order valence-electron chi connectivity index (χ3n) is 6.96. The number of thiocarbonyl (C=S) groups is 1. The molecule has 2 atom stereocenters. The molecule has 0 spiro atoms. The molecule has 3 aromatic carbocycles. The van der Waals surface area contributed by atoms with Gasteiger partial charge in [0.2, 0.25) is 0 Å². The molecule has 2 aromatic heterocycles. The average Bonchev–Trinajstić information content (AvgIpc) is 3.63. The molecule has 1 aliphatic heterocycles. The molecule has 1 N–H and O–H groups in total. The molecule has 7 nitrogen and oxygen atoms in total. The predicted molar refractivity (Wildman–Crippen MR) is 161 cm³/mol. The summed E-state index contributed by atoms with van der Waals surface area (Å²) in [5, 5.41) is 4.01. The molecule has 1 saturated heterocycles. The first-order chi connectivity index (χ1) is 20.0. The van der Waals surface area contributed by atoms with E-state index in [4.69, 9.17) is 26.1 Å². The number of nitrogens with zero attached hydrogens (tertiary/aromatic N) is 2. The maximum absolute atomic E-state index is 12.1. The van der Waals surface area contributed by atoms with Crippen molar-refractivity contribution in [1.82, 2.24) is 10.3 Å². The molecule has 41 heavy (non-hydrogen) atoms. The first-order valence-electron chi connectivity index (χ1n) is 13.1. The number of hydrogen-bond acceptors (Lipinski definition) is 6. The Morgan fingerprint density at radius 2 is 1.68 bits per heavy atom. The summed E-state index contributed by atoms with van der Waals surface area (Å²) < 4.78 is 17.4. The SMILES string of the molecule is COC(=O)c1cccc(-c2ccc([C@H]3[C@@H](c4ccccn4)NC(=S)N3c3ccc(Oc4ccc(C)cc4)cc3)o2)c1. The Labute approximate surface area is 243 Å². The molecular formula is C33H27N3O4S. The van der Waals surface area contributed by atoms with Crippen LogP contribution < -0.4 is 15.0 Å². The second-order valence-corrected chi connectivity index (χ2v) is 10.1. The van der Waals surface area contributed by atoms with Gasteiger partial charge in [-0.2, -0.15) is 0 Å². The molecule has 3 heterocycles. The van der Waals surface area contributed by atoms with Gasteiger partial charge < -0.3 is 24.1 Å². The number of furan rings is 1. The van der Waals surface area contributed by atoms with E-state index in [1.54, 1.807) is 24.4 Å². The molecule has 5 aromatic rings. The minimum atomic E-state index is -0.403. The number of methoxy groups -OCH3 is 1. The number of rotatable bonds is 7. The fourth-order valence-electron chi connectivity index (χ4n) is 4.92. The quantitative estimate of drug-likeness (QED) is 0.163. The smallest absolute Gasteiger partial charge is 0.337 e. The van der Waals surface area contributed by atoms with Gasteiger partial charge in [0.1, 0.15) is 29.1 Å². The number of carbonyl (C=O) groups excluding carboxylic acids is 1. The maximum Gasteiger partial charge on any atom is 0.337 e. The number of pyridine rings is 1. The molecule has 0 amide bonds. The summed E-state index contributed by atoms with van der Waals surface area (Å²) in [6.45, 7) is 2.04. The van der Waals surface area contributed by atoms with E-state index in [0.29, 0.717) is 22.2 Å².